The van der Waals surface area contributed by atoms with Crippen LogP contribution in [0.25, 0.3) is 0 Å². The van der Waals surface area contributed by atoms with Crippen molar-refractivity contribution in [3.8, 4) is 0 Å². The fourth-order valence-electron chi connectivity index (χ4n) is 1.46. The molecule has 0 aromatic heterocycles. The summed E-state index contributed by atoms with van der Waals surface area (Å²) in [5.74, 6) is 0.138. The van der Waals surface area contributed by atoms with E-state index in [1.165, 1.54) is 5.41 Å². The Morgan fingerprint density at radius 1 is 1.40 bits per heavy atom. The van der Waals surface area contributed by atoms with Crippen LogP contribution in [-0.2, 0) is 9.84 Å². The molecule has 0 radical (unpaired) electrons. The van der Waals surface area contributed by atoms with Crippen LogP contribution in [0.2, 0.25) is 0 Å². The van der Waals surface area contributed by atoms with Gasteiger partial charge in [0, 0.05) is 15.6 Å². The maximum atomic E-state index is 11.2. The van der Waals surface area contributed by atoms with Crippen molar-refractivity contribution in [2.75, 3.05) is 11.1 Å². The Kier molecular flexibility index (Phi) is 2.84. The van der Waals surface area contributed by atoms with E-state index in [-0.39, 0.29) is 11.8 Å². The molecule has 0 bridgehead atoms. The Balaban J connectivity index is 2.09. The average Bonchev–Trinajstić information content (AvgIpc) is 2.45. The summed E-state index contributed by atoms with van der Waals surface area (Å²) in [7, 11) is -2.98. The van der Waals surface area contributed by atoms with Crippen molar-refractivity contribution in [1.29, 1.82) is 0 Å². The molecule has 0 saturated carbocycles. The zero-order chi connectivity index (χ0) is 10.9. The third kappa shape index (κ3) is 2.82. The number of halogens is 1. The van der Waals surface area contributed by atoms with Crippen LogP contribution >= 0.6 is 15.9 Å². The number of anilines is 1. The molecule has 15 heavy (non-hydrogen) atoms. The zero-order valence-corrected chi connectivity index (χ0v) is 10.3. The Morgan fingerprint density at radius 3 is 2.80 bits per heavy atom. The van der Waals surface area contributed by atoms with Crippen molar-refractivity contribution < 1.29 is 8.42 Å². The first-order valence-electron chi connectivity index (χ1n) is 4.48. The highest BCUT2D eigenvalue weighted by molar-refractivity contribution is 9.10. The quantitative estimate of drug-likeness (QED) is 0.907. The van der Waals surface area contributed by atoms with E-state index in [0.717, 1.165) is 10.2 Å². The number of sulfone groups is 1. The Morgan fingerprint density at radius 2 is 2.20 bits per heavy atom. The summed E-state index contributed by atoms with van der Waals surface area (Å²) < 4.78 is 23.3. The summed E-state index contributed by atoms with van der Waals surface area (Å²) in [4.78, 5) is 0. The lowest BCUT2D eigenvalue weighted by Crippen LogP contribution is -2.20. The first-order valence-corrected chi connectivity index (χ1v) is 6.99. The lowest BCUT2D eigenvalue weighted by atomic mass is 10.2. The van der Waals surface area contributed by atoms with E-state index in [1.54, 1.807) is 6.08 Å². The van der Waals surface area contributed by atoms with Crippen molar-refractivity contribution in [3.63, 3.8) is 0 Å². The molecule has 0 unspecified atom stereocenters. The third-order valence-corrected chi connectivity index (χ3v) is 4.00. The molecule has 1 aliphatic rings. The lowest BCUT2D eigenvalue weighted by molar-refractivity contribution is 0.605. The van der Waals surface area contributed by atoms with Gasteiger partial charge in [0.15, 0.2) is 9.84 Å². The van der Waals surface area contributed by atoms with E-state index in [4.69, 9.17) is 0 Å². The van der Waals surface area contributed by atoms with E-state index in [9.17, 15) is 8.42 Å². The summed E-state index contributed by atoms with van der Waals surface area (Å²) in [6, 6.07) is 7.53. The van der Waals surface area contributed by atoms with Gasteiger partial charge in [-0.1, -0.05) is 28.1 Å². The maximum Gasteiger partial charge on any atom is 0.173 e. The molecule has 2 rings (SSSR count). The summed E-state index contributed by atoms with van der Waals surface area (Å²) >= 11 is 3.36. The first-order chi connectivity index (χ1) is 7.05. The van der Waals surface area contributed by atoms with Gasteiger partial charge in [-0.3, -0.25) is 0 Å². The second kappa shape index (κ2) is 3.98. The van der Waals surface area contributed by atoms with Gasteiger partial charge in [-0.15, -0.1) is 0 Å². The predicted octanol–water partition coefficient (Wildman–Crippen LogP) is 2.17. The molecule has 0 aliphatic carbocycles. The molecular formula is C10H10BrNO2S. The fraction of sp³-hybridized carbons (Fsp3) is 0.200. The average molecular weight is 288 g/mol. The maximum absolute atomic E-state index is 11.2. The highest BCUT2D eigenvalue weighted by Crippen LogP contribution is 2.19. The molecule has 3 nitrogen and oxygen atoms in total. The number of nitrogens with one attached hydrogen (secondary N) is 1. The smallest absolute Gasteiger partial charge is 0.173 e. The Hall–Kier alpha value is -0.810. The highest BCUT2D eigenvalue weighted by Gasteiger charge is 2.21. The van der Waals surface area contributed by atoms with Gasteiger partial charge in [-0.25, -0.2) is 8.42 Å². The molecular weight excluding hydrogens is 278 g/mol. The van der Waals surface area contributed by atoms with E-state index >= 15 is 0 Å². The topological polar surface area (TPSA) is 46.2 Å². The fourth-order valence-corrected chi connectivity index (χ4v) is 3.09. The van der Waals surface area contributed by atoms with E-state index in [2.05, 4.69) is 21.2 Å². The molecule has 0 saturated heterocycles. The van der Waals surface area contributed by atoms with Crippen molar-refractivity contribution in [1.82, 2.24) is 0 Å². The number of hydrogen-bond acceptors (Lipinski definition) is 3. The molecule has 80 valence electrons. The van der Waals surface area contributed by atoms with Crippen molar-refractivity contribution in [2.24, 2.45) is 0 Å². The second-order valence-electron chi connectivity index (χ2n) is 3.42. The van der Waals surface area contributed by atoms with Crippen molar-refractivity contribution in [2.45, 2.75) is 6.04 Å². The predicted molar refractivity (Wildman–Crippen MR) is 64.5 cm³/mol. The van der Waals surface area contributed by atoms with Crippen LogP contribution in [0, 0.1) is 0 Å². The minimum Gasteiger partial charge on any atom is -0.378 e. The first kappa shape index (κ1) is 10.7. The van der Waals surface area contributed by atoms with Gasteiger partial charge in [-0.2, -0.15) is 0 Å². The summed E-state index contributed by atoms with van der Waals surface area (Å²) in [5, 5.41) is 4.41. The zero-order valence-electron chi connectivity index (χ0n) is 7.85. The normalized spacial score (nSPS) is 22.9. The van der Waals surface area contributed by atoms with E-state index in [0.29, 0.717) is 0 Å². The SMILES string of the molecule is O=S1(=O)C=C[C@@H](Nc2cccc(Br)c2)C1. The molecule has 0 amide bonds. The van der Waals surface area contributed by atoms with Crippen LogP contribution in [-0.4, -0.2) is 20.2 Å². The molecule has 1 heterocycles. The molecule has 0 spiro atoms. The van der Waals surface area contributed by atoms with Crippen LogP contribution in [0.15, 0.2) is 40.2 Å². The molecule has 1 N–H and O–H groups in total. The summed E-state index contributed by atoms with van der Waals surface area (Å²) in [5.41, 5.74) is 0.913. The largest absolute Gasteiger partial charge is 0.378 e. The van der Waals surface area contributed by atoms with E-state index in [1.807, 2.05) is 24.3 Å². The summed E-state index contributed by atoms with van der Waals surface area (Å²) in [6.45, 7) is 0. The molecule has 1 aromatic carbocycles. The van der Waals surface area contributed by atoms with Gasteiger partial charge < -0.3 is 5.32 Å². The van der Waals surface area contributed by atoms with Crippen LogP contribution in [0.3, 0.4) is 0 Å². The Labute approximate surface area is 97.2 Å². The highest BCUT2D eigenvalue weighted by atomic mass is 79.9. The van der Waals surface area contributed by atoms with Crippen LogP contribution in [0.1, 0.15) is 0 Å². The third-order valence-electron chi connectivity index (χ3n) is 2.11. The lowest BCUT2D eigenvalue weighted by Gasteiger charge is -2.11. The number of benzene rings is 1. The number of rotatable bonds is 2. The Bertz CT molecular complexity index is 496. The minimum absolute atomic E-state index is 0.121. The van der Waals surface area contributed by atoms with Gasteiger partial charge in [-0.05, 0) is 18.2 Å². The van der Waals surface area contributed by atoms with E-state index < -0.39 is 9.84 Å². The van der Waals surface area contributed by atoms with Crippen LogP contribution < -0.4 is 5.32 Å². The minimum atomic E-state index is -2.98. The molecule has 1 aliphatic heterocycles. The number of hydrogen-bond donors (Lipinski definition) is 1. The van der Waals surface area contributed by atoms with Gasteiger partial charge in [0.25, 0.3) is 0 Å². The standard InChI is InChI=1S/C10H10BrNO2S/c11-8-2-1-3-9(6-8)12-10-4-5-15(13,14)7-10/h1-6,10,12H,7H2/t10-/m1/s1. The van der Waals surface area contributed by atoms with Crippen molar-refractivity contribution in [3.05, 3.63) is 40.2 Å². The van der Waals surface area contributed by atoms with Crippen LogP contribution in [0.4, 0.5) is 5.69 Å². The van der Waals surface area contributed by atoms with Crippen molar-refractivity contribution >= 4 is 31.5 Å². The van der Waals surface area contributed by atoms with Gasteiger partial charge in [0.05, 0.1) is 11.8 Å². The molecule has 5 heteroatoms. The summed E-state index contributed by atoms with van der Waals surface area (Å²) in [6.07, 6.45) is 1.68. The van der Waals surface area contributed by atoms with Crippen LogP contribution in [0.5, 0.6) is 0 Å². The molecule has 1 aromatic rings. The molecule has 1 atom stereocenters. The molecule has 0 fully saturated rings. The van der Waals surface area contributed by atoms with Gasteiger partial charge in [0.2, 0.25) is 0 Å². The van der Waals surface area contributed by atoms with Gasteiger partial charge >= 0.3 is 0 Å². The second-order valence-corrected chi connectivity index (χ2v) is 6.27. The monoisotopic (exact) mass is 287 g/mol. The van der Waals surface area contributed by atoms with Gasteiger partial charge in [0.1, 0.15) is 0 Å².